The molecule has 1 aromatic carbocycles. The number of hydrogen-bond acceptors (Lipinski definition) is 5. The van der Waals surface area contributed by atoms with E-state index in [-0.39, 0.29) is 24.4 Å². The van der Waals surface area contributed by atoms with Crippen molar-refractivity contribution in [1.82, 2.24) is 4.98 Å². The number of benzene rings is 1. The summed E-state index contributed by atoms with van der Waals surface area (Å²) in [6.07, 6.45) is 1.85. The quantitative estimate of drug-likeness (QED) is 0.772. The maximum atomic E-state index is 12.1. The molecule has 2 aromatic rings. The smallest absolute Gasteiger partial charge is 0.309 e. The number of anilines is 2. The summed E-state index contributed by atoms with van der Waals surface area (Å²) in [4.78, 5) is 29.8. The van der Waals surface area contributed by atoms with E-state index in [0.29, 0.717) is 10.8 Å². The number of amides is 1. The lowest BCUT2D eigenvalue weighted by molar-refractivity contribution is -0.146. The molecule has 1 aliphatic carbocycles. The van der Waals surface area contributed by atoms with Crippen LogP contribution in [0, 0.1) is 19.8 Å². The number of ether oxygens (including phenoxy) is 1. The maximum absolute atomic E-state index is 12.1. The van der Waals surface area contributed by atoms with Crippen molar-refractivity contribution in [3.63, 3.8) is 0 Å². The average Bonchev–Trinajstić information content (AvgIpc) is 3.29. The predicted molar refractivity (Wildman–Crippen MR) is 93.4 cm³/mol. The second kappa shape index (κ2) is 6.73. The molecule has 0 unspecified atom stereocenters. The Bertz CT molecular complexity index is 780. The van der Waals surface area contributed by atoms with Gasteiger partial charge in [0.25, 0.3) is 0 Å². The van der Waals surface area contributed by atoms with Gasteiger partial charge in [-0.25, -0.2) is 4.98 Å². The molecule has 1 fully saturated rings. The Morgan fingerprint density at radius 1 is 1.29 bits per heavy atom. The SMILES string of the molecule is CC(=O)N(c1ccc(C)c(C)c1)c1nc(COC(=O)C2CC2)cs1. The molecule has 1 saturated carbocycles. The lowest BCUT2D eigenvalue weighted by Gasteiger charge is -2.19. The predicted octanol–water partition coefficient (Wildman–Crippen LogP) is 3.90. The van der Waals surface area contributed by atoms with Crippen LogP contribution >= 0.6 is 11.3 Å². The Hall–Kier alpha value is -2.21. The van der Waals surface area contributed by atoms with Crippen LogP contribution in [0.15, 0.2) is 23.6 Å². The van der Waals surface area contributed by atoms with E-state index >= 15 is 0 Å². The second-order valence-electron chi connectivity index (χ2n) is 6.13. The summed E-state index contributed by atoms with van der Waals surface area (Å²) in [5, 5.41) is 2.41. The molecule has 0 spiro atoms. The van der Waals surface area contributed by atoms with Crippen molar-refractivity contribution >= 4 is 34.0 Å². The van der Waals surface area contributed by atoms with Crippen LogP contribution in [0.25, 0.3) is 0 Å². The molecular formula is C18H20N2O3S. The Kier molecular flexibility index (Phi) is 4.66. The third-order valence-corrected chi connectivity index (χ3v) is 4.94. The number of thiazole rings is 1. The van der Waals surface area contributed by atoms with Crippen molar-refractivity contribution in [3.05, 3.63) is 40.4 Å². The highest BCUT2D eigenvalue weighted by atomic mass is 32.1. The minimum Gasteiger partial charge on any atom is -0.459 e. The Morgan fingerprint density at radius 2 is 2.04 bits per heavy atom. The van der Waals surface area contributed by atoms with Gasteiger partial charge >= 0.3 is 5.97 Å². The van der Waals surface area contributed by atoms with Gasteiger partial charge in [-0.15, -0.1) is 11.3 Å². The second-order valence-corrected chi connectivity index (χ2v) is 6.96. The van der Waals surface area contributed by atoms with E-state index in [1.165, 1.54) is 23.8 Å². The summed E-state index contributed by atoms with van der Waals surface area (Å²) in [5.74, 6) is -0.177. The number of carbonyl (C=O) groups excluding carboxylic acids is 2. The Morgan fingerprint density at radius 3 is 2.67 bits per heavy atom. The van der Waals surface area contributed by atoms with Gasteiger partial charge in [0.05, 0.1) is 17.3 Å². The first kappa shape index (κ1) is 16.6. The summed E-state index contributed by atoms with van der Waals surface area (Å²) >= 11 is 1.37. The van der Waals surface area contributed by atoms with E-state index in [2.05, 4.69) is 4.98 Å². The van der Waals surface area contributed by atoms with Gasteiger partial charge in [-0.2, -0.15) is 0 Å². The van der Waals surface area contributed by atoms with Gasteiger partial charge in [-0.3, -0.25) is 14.5 Å². The monoisotopic (exact) mass is 344 g/mol. The van der Waals surface area contributed by atoms with Crippen molar-refractivity contribution in [1.29, 1.82) is 0 Å². The van der Waals surface area contributed by atoms with Gasteiger partial charge in [0.15, 0.2) is 5.13 Å². The first-order valence-corrected chi connectivity index (χ1v) is 8.82. The highest BCUT2D eigenvalue weighted by molar-refractivity contribution is 7.14. The molecule has 1 aliphatic rings. The molecule has 0 atom stereocenters. The molecule has 3 rings (SSSR count). The lowest BCUT2D eigenvalue weighted by atomic mass is 10.1. The molecule has 1 aromatic heterocycles. The summed E-state index contributed by atoms with van der Waals surface area (Å²) in [5.41, 5.74) is 3.75. The van der Waals surface area contributed by atoms with Gasteiger partial charge in [0.2, 0.25) is 5.91 Å². The molecule has 0 aliphatic heterocycles. The zero-order chi connectivity index (χ0) is 17.3. The Labute approximate surface area is 145 Å². The number of carbonyl (C=O) groups is 2. The van der Waals surface area contributed by atoms with Gasteiger partial charge in [0, 0.05) is 12.3 Å². The lowest BCUT2D eigenvalue weighted by Crippen LogP contribution is -2.22. The maximum Gasteiger partial charge on any atom is 0.309 e. The van der Waals surface area contributed by atoms with Crippen LogP contribution in [0.4, 0.5) is 10.8 Å². The molecular weight excluding hydrogens is 324 g/mol. The van der Waals surface area contributed by atoms with Crippen molar-refractivity contribution < 1.29 is 14.3 Å². The number of aryl methyl sites for hydroxylation is 2. The van der Waals surface area contributed by atoms with E-state index in [4.69, 9.17) is 4.74 Å². The molecule has 0 saturated heterocycles. The molecule has 0 N–H and O–H groups in total. The van der Waals surface area contributed by atoms with E-state index in [1.807, 2.05) is 37.4 Å². The number of esters is 1. The van der Waals surface area contributed by atoms with Crippen molar-refractivity contribution in [2.75, 3.05) is 4.90 Å². The number of nitrogens with zero attached hydrogens (tertiary/aromatic N) is 2. The standard InChI is InChI=1S/C18H20N2O3S/c1-11-4-7-16(8-12(11)2)20(13(3)21)18-19-15(10-24-18)9-23-17(22)14-5-6-14/h4,7-8,10,14H,5-6,9H2,1-3H3. The third kappa shape index (κ3) is 3.64. The summed E-state index contributed by atoms with van der Waals surface area (Å²) in [6, 6.07) is 5.88. The van der Waals surface area contributed by atoms with Crippen LogP contribution in [0.2, 0.25) is 0 Å². The molecule has 6 heteroatoms. The van der Waals surface area contributed by atoms with E-state index in [0.717, 1.165) is 24.1 Å². The fourth-order valence-electron chi connectivity index (χ4n) is 2.34. The molecule has 24 heavy (non-hydrogen) atoms. The zero-order valence-corrected chi connectivity index (χ0v) is 14.9. The minimum absolute atomic E-state index is 0.0763. The van der Waals surface area contributed by atoms with Crippen LogP contribution < -0.4 is 4.90 Å². The van der Waals surface area contributed by atoms with Gasteiger partial charge in [0.1, 0.15) is 6.61 Å². The topological polar surface area (TPSA) is 59.5 Å². The van der Waals surface area contributed by atoms with Gasteiger partial charge < -0.3 is 4.74 Å². The van der Waals surface area contributed by atoms with E-state index in [1.54, 1.807) is 4.90 Å². The zero-order valence-electron chi connectivity index (χ0n) is 14.0. The molecule has 0 radical (unpaired) electrons. The van der Waals surface area contributed by atoms with Crippen LogP contribution in [-0.4, -0.2) is 16.9 Å². The Balaban J connectivity index is 1.77. The summed E-state index contributed by atoms with van der Waals surface area (Å²) < 4.78 is 5.25. The van der Waals surface area contributed by atoms with Crippen molar-refractivity contribution in [2.24, 2.45) is 5.92 Å². The van der Waals surface area contributed by atoms with E-state index in [9.17, 15) is 9.59 Å². The number of aromatic nitrogens is 1. The number of rotatable bonds is 5. The normalized spacial score (nSPS) is 13.6. The van der Waals surface area contributed by atoms with Crippen molar-refractivity contribution in [2.45, 2.75) is 40.2 Å². The average molecular weight is 344 g/mol. The first-order chi connectivity index (χ1) is 11.5. The van der Waals surface area contributed by atoms with E-state index < -0.39 is 0 Å². The number of hydrogen-bond donors (Lipinski definition) is 0. The third-order valence-electron chi connectivity index (χ3n) is 4.07. The first-order valence-electron chi connectivity index (χ1n) is 7.94. The highest BCUT2D eigenvalue weighted by Gasteiger charge is 2.31. The highest BCUT2D eigenvalue weighted by Crippen LogP contribution is 2.32. The molecule has 0 bridgehead atoms. The molecule has 126 valence electrons. The molecule has 5 nitrogen and oxygen atoms in total. The summed E-state index contributed by atoms with van der Waals surface area (Å²) in [7, 11) is 0. The van der Waals surface area contributed by atoms with Crippen molar-refractivity contribution in [3.8, 4) is 0 Å². The largest absolute Gasteiger partial charge is 0.459 e. The molecule has 1 amide bonds. The fraction of sp³-hybridized carbons (Fsp3) is 0.389. The minimum atomic E-state index is -0.151. The van der Waals surface area contributed by atoms with Crippen LogP contribution in [-0.2, 0) is 20.9 Å². The molecule has 1 heterocycles. The van der Waals surface area contributed by atoms with Gasteiger partial charge in [-0.05, 0) is 49.9 Å². The fourth-order valence-corrected chi connectivity index (χ4v) is 3.21. The van der Waals surface area contributed by atoms with Gasteiger partial charge in [-0.1, -0.05) is 6.07 Å². The van der Waals surface area contributed by atoms with Crippen LogP contribution in [0.3, 0.4) is 0 Å². The van der Waals surface area contributed by atoms with Crippen LogP contribution in [0.5, 0.6) is 0 Å². The van der Waals surface area contributed by atoms with Crippen LogP contribution in [0.1, 0.15) is 36.6 Å². The summed E-state index contributed by atoms with van der Waals surface area (Å²) in [6.45, 7) is 5.72.